The van der Waals surface area contributed by atoms with Crippen LogP contribution in [0.25, 0.3) is 0 Å². The van der Waals surface area contributed by atoms with Gasteiger partial charge in [-0.25, -0.2) is 13.1 Å². The Morgan fingerprint density at radius 3 is 2.32 bits per heavy atom. The molecule has 0 saturated carbocycles. The quantitative estimate of drug-likeness (QED) is 0.564. The third kappa shape index (κ3) is 7.07. The van der Waals surface area contributed by atoms with Crippen LogP contribution in [0.1, 0.15) is 20.3 Å². The summed E-state index contributed by atoms with van der Waals surface area (Å²) in [7, 11) is -0.867. The molecule has 0 fully saturated rings. The average Bonchev–Trinajstić information content (AvgIpc) is 2.53. The van der Waals surface area contributed by atoms with E-state index in [2.05, 4.69) is 10.0 Å². The molecule has 0 atom stereocenters. The van der Waals surface area contributed by atoms with Crippen LogP contribution < -0.4 is 25.2 Å². The van der Waals surface area contributed by atoms with Crippen LogP contribution in [0, 0.1) is 0 Å². The van der Waals surface area contributed by atoms with Gasteiger partial charge in [-0.05, 0) is 26.0 Å². The molecule has 10 heteroatoms. The van der Waals surface area contributed by atoms with Gasteiger partial charge in [0.15, 0.2) is 11.5 Å². The molecule has 25 heavy (non-hydrogen) atoms. The van der Waals surface area contributed by atoms with E-state index in [0.717, 1.165) is 0 Å². The molecule has 0 aromatic heterocycles. The molecule has 1 aromatic carbocycles. The largest absolute Gasteiger partial charge is 0.493 e. The van der Waals surface area contributed by atoms with Gasteiger partial charge >= 0.3 is 0 Å². The molecule has 0 bridgehead atoms. The minimum absolute atomic E-state index is 0. The van der Waals surface area contributed by atoms with Crippen molar-refractivity contribution in [1.82, 2.24) is 10.0 Å². The maximum atomic E-state index is 12.3. The van der Waals surface area contributed by atoms with Crippen molar-refractivity contribution >= 4 is 28.3 Å². The van der Waals surface area contributed by atoms with Gasteiger partial charge in [-0.1, -0.05) is 0 Å². The Morgan fingerprint density at radius 1 is 1.20 bits per heavy atom. The number of rotatable bonds is 9. The molecule has 0 aliphatic heterocycles. The Morgan fingerprint density at radius 2 is 1.80 bits per heavy atom. The lowest BCUT2D eigenvalue weighted by molar-refractivity contribution is -0.122. The molecular formula is C15H26ClN3O5S. The van der Waals surface area contributed by atoms with Gasteiger partial charge in [0.25, 0.3) is 0 Å². The number of hydrogen-bond donors (Lipinski definition) is 3. The highest BCUT2D eigenvalue weighted by Crippen LogP contribution is 2.29. The zero-order valence-electron chi connectivity index (χ0n) is 14.8. The third-order valence-electron chi connectivity index (χ3n) is 3.30. The van der Waals surface area contributed by atoms with Crippen LogP contribution in [-0.2, 0) is 14.8 Å². The first-order valence-electron chi connectivity index (χ1n) is 7.38. The van der Waals surface area contributed by atoms with E-state index in [1.807, 2.05) is 0 Å². The zero-order valence-corrected chi connectivity index (χ0v) is 16.4. The molecule has 1 aromatic rings. The Labute approximate surface area is 154 Å². The summed E-state index contributed by atoms with van der Waals surface area (Å²) in [5, 5.41) is 2.73. The van der Waals surface area contributed by atoms with E-state index >= 15 is 0 Å². The Bertz CT molecular complexity index is 680. The molecule has 0 spiro atoms. The second-order valence-corrected chi connectivity index (χ2v) is 7.57. The highest BCUT2D eigenvalue weighted by atomic mass is 35.5. The van der Waals surface area contributed by atoms with Crippen LogP contribution in [0.2, 0.25) is 0 Å². The second kappa shape index (κ2) is 9.81. The lowest BCUT2D eigenvalue weighted by Crippen LogP contribution is -2.49. The van der Waals surface area contributed by atoms with Crippen molar-refractivity contribution < 1.29 is 22.7 Å². The fraction of sp³-hybridized carbons (Fsp3) is 0.533. The summed E-state index contributed by atoms with van der Waals surface area (Å²) in [6, 6.07) is 4.27. The van der Waals surface area contributed by atoms with Gasteiger partial charge in [-0.15, -0.1) is 12.4 Å². The number of sulfonamides is 1. The van der Waals surface area contributed by atoms with Gasteiger partial charge in [0, 0.05) is 31.1 Å². The van der Waals surface area contributed by atoms with Gasteiger partial charge in [0.1, 0.15) is 0 Å². The molecule has 1 amide bonds. The molecule has 0 heterocycles. The van der Waals surface area contributed by atoms with Gasteiger partial charge in [0.05, 0.1) is 19.1 Å². The first kappa shape index (κ1) is 23.4. The lowest BCUT2D eigenvalue weighted by atomic mass is 10.1. The molecule has 4 N–H and O–H groups in total. The van der Waals surface area contributed by atoms with E-state index < -0.39 is 15.6 Å². The number of ether oxygens (including phenoxy) is 2. The van der Waals surface area contributed by atoms with Crippen molar-refractivity contribution in [2.45, 2.75) is 30.7 Å². The first-order valence-corrected chi connectivity index (χ1v) is 8.86. The van der Waals surface area contributed by atoms with E-state index in [4.69, 9.17) is 15.2 Å². The Kier molecular flexibility index (Phi) is 9.20. The molecule has 0 unspecified atom stereocenters. The van der Waals surface area contributed by atoms with Gasteiger partial charge in [0.2, 0.25) is 15.9 Å². The fourth-order valence-corrected chi connectivity index (χ4v) is 2.90. The number of hydrogen-bond acceptors (Lipinski definition) is 6. The number of methoxy groups -OCH3 is 2. The number of amides is 1. The number of carbonyl (C=O) groups excluding carboxylic acids is 1. The summed E-state index contributed by atoms with van der Waals surface area (Å²) >= 11 is 0. The molecule has 0 aliphatic rings. The number of halogens is 1. The molecular weight excluding hydrogens is 370 g/mol. The fourth-order valence-electron chi connectivity index (χ4n) is 1.86. The maximum absolute atomic E-state index is 12.3. The van der Waals surface area contributed by atoms with E-state index in [9.17, 15) is 13.2 Å². The van der Waals surface area contributed by atoms with Crippen LogP contribution in [0.5, 0.6) is 11.5 Å². The monoisotopic (exact) mass is 395 g/mol. The summed E-state index contributed by atoms with van der Waals surface area (Å²) < 4.78 is 37.1. The van der Waals surface area contributed by atoms with Crippen LogP contribution in [-0.4, -0.2) is 47.2 Å². The van der Waals surface area contributed by atoms with E-state index in [1.165, 1.54) is 32.4 Å². The molecule has 0 saturated heterocycles. The summed E-state index contributed by atoms with van der Waals surface area (Å²) in [6.45, 7) is 3.84. The second-order valence-electron chi connectivity index (χ2n) is 5.80. The van der Waals surface area contributed by atoms with Gasteiger partial charge in [-0.2, -0.15) is 0 Å². The SMILES string of the molecule is COc1ccc(S(=O)(=O)NCCC(=O)NC(C)(C)CN)cc1OC.Cl. The zero-order chi connectivity index (χ0) is 18.4. The number of benzene rings is 1. The highest BCUT2D eigenvalue weighted by Gasteiger charge is 2.20. The van der Waals surface area contributed by atoms with Crippen LogP contribution in [0.15, 0.2) is 23.1 Å². The third-order valence-corrected chi connectivity index (χ3v) is 4.76. The van der Waals surface area contributed by atoms with Crippen LogP contribution in [0.3, 0.4) is 0 Å². The van der Waals surface area contributed by atoms with Crippen molar-refractivity contribution in [3.63, 3.8) is 0 Å². The smallest absolute Gasteiger partial charge is 0.240 e. The molecule has 1 rings (SSSR count). The predicted octanol–water partition coefficient (Wildman–Crippen LogP) is 0.648. The van der Waals surface area contributed by atoms with Crippen molar-refractivity contribution in [2.24, 2.45) is 5.73 Å². The summed E-state index contributed by atoms with van der Waals surface area (Å²) in [5.74, 6) is 0.461. The topological polar surface area (TPSA) is 120 Å². The lowest BCUT2D eigenvalue weighted by Gasteiger charge is -2.24. The molecule has 144 valence electrons. The maximum Gasteiger partial charge on any atom is 0.240 e. The minimum Gasteiger partial charge on any atom is -0.493 e. The van der Waals surface area contributed by atoms with Crippen LogP contribution >= 0.6 is 12.4 Å². The molecule has 0 radical (unpaired) electrons. The average molecular weight is 396 g/mol. The van der Waals surface area contributed by atoms with E-state index in [-0.39, 0.29) is 42.7 Å². The van der Waals surface area contributed by atoms with Crippen molar-refractivity contribution in [2.75, 3.05) is 27.3 Å². The van der Waals surface area contributed by atoms with Crippen molar-refractivity contribution in [3.05, 3.63) is 18.2 Å². The summed E-state index contributed by atoms with van der Waals surface area (Å²) in [6.07, 6.45) is 0.00987. The first-order chi connectivity index (χ1) is 11.1. The molecule has 0 aliphatic carbocycles. The number of nitrogens with one attached hydrogen (secondary N) is 2. The number of nitrogens with two attached hydrogens (primary N) is 1. The van der Waals surface area contributed by atoms with Gasteiger partial charge in [-0.3, -0.25) is 4.79 Å². The van der Waals surface area contributed by atoms with Gasteiger partial charge < -0.3 is 20.5 Å². The Hall–Kier alpha value is -1.55. The van der Waals surface area contributed by atoms with E-state index in [1.54, 1.807) is 13.8 Å². The minimum atomic E-state index is -3.75. The standard InChI is InChI=1S/C15H25N3O5S.ClH/c1-15(2,10-16)18-14(19)7-8-17-24(20,21)11-5-6-12(22-3)13(9-11)23-4;/h5-6,9,17H,7-8,10,16H2,1-4H3,(H,18,19);1H. The number of carbonyl (C=O) groups is 1. The molecule has 8 nitrogen and oxygen atoms in total. The summed E-state index contributed by atoms with van der Waals surface area (Å²) in [5.41, 5.74) is 5.00. The van der Waals surface area contributed by atoms with Crippen LogP contribution in [0.4, 0.5) is 0 Å². The highest BCUT2D eigenvalue weighted by molar-refractivity contribution is 7.89. The van der Waals surface area contributed by atoms with Crippen molar-refractivity contribution in [1.29, 1.82) is 0 Å². The van der Waals surface area contributed by atoms with E-state index in [0.29, 0.717) is 11.5 Å². The normalized spacial score (nSPS) is 11.4. The predicted molar refractivity (Wildman–Crippen MR) is 97.9 cm³/mol. The van der Waals surface area contributed by atoms with Crippen molar-refractivity contribution in [3.8, 4) is 11.5 Å². The Balaban J connectivity index is 0.00000576. The summed E-state index contributed by atoms with van der Waals surface area (Å²) in [4.78, 5) is 11.8.